The molecule has 118 valence electrons. The zero-order valence-corrected chi connectivity index (χ0v) is 13.5. The molecule has 7 nitrogen and oxygen atoms in total. The predicted octanol–water partition coefficient (Wildman–Crippen LogP) is 2.30. The van der Waals surface area contributed by atoms with Crippen LogP contribution in [0.25, 0.3) is 28.1 Å². The van der Waals surface area contributed by atoms with E-state index in [4.69, 9.17) is 5.73 Å². The summed E-state index contributed by atoms with van der Waals surface area (Å²) in [5, 5.41) is 8.77. The third-order valence-corrected chi connectivity index (χ3v) is 4.23. The Balaban J connectivity index is 2.21. The minimum Gasteiger partial charge on any atom is -0.383 e. The Hall–Kier alpha value is -2.83. The van der Waals surface area contributed by atoms with E-state index < -0.39 is 0 Å². The maximum Gasteiger partial charge on any atom is 0.146 e. The fraction of sp³-hybridized carbons (Fsp3) is 0.312. The first-order chi connectivity index (χ1) is 11.0. The summed E-state index contributed by atoms with van der Waals surface area (Å²) >= 11 is 0. The van der Waals surface area contributed by atoms with Crippen molar-refractivity contribution in [1.29, 1.82) is 0 Å². The van der Waals surface area contributed by atoms with Crippen LogP contribution in [-0.4, -0.2) is 24.3 Å². The second-order valence-electron chi connectivity index (χ2n) is 6.13. The van der Waals surface area contributed by atoms with Crippen molar-refractivity contribution in [3.8, 4) is 11.3 Å². The van der Waals surface area contributed by atoms with E-state index in [0.717, 1.165) is 39.5 Å². The molecule has 3 aromatic heterocycles. The molecule has 4 rings (SSSR count). The lowest BCUT2D eigenvalue weighted by Gasteiger charge is -2.14. The van der Waals surface area contributed by atoms with Crippen molar-refractivity contribution < 1.29 is 0 Å². The van der Waals surface area contributed by atoms with Gasteiger partial charge in [-0.1, -0.05) is 6.58 Å². The third-order valence-electron chi connectivity index (χ3n) is 4.23. The van der Waals surface area contributed by atoms with E-state index in [2.05, 4.69) is 45.4 Å². The quantitative estimate of drug-likeness (QED) is 0.720. The monoisotopic (exact) mass is 309 g/mol. The summed E-state index contributed by atoms with van der Waals surface area (Å²) in [6.07, 6.45) is 1.52. The van der Waals surface area contributed by atoms with Crippen LogP contribution in [-0.2, 0) is 6.54 Å². The third kappa shape index (κ3) is 1.79. The van der Waals surface area contributed by atoms with Gasteiger partial charge in [0.05, 0.1) is 23.3 Å². The van der Waals surface area contributed by atoms with Crippen molar-refractivity contribution in [3.05, 3.63) is 30.4 Å². The van der Waals surface area contributed by atoms with E-state index in [9.17, 15) is 0 Å². The summed E-state index contributed by atoms with van der Waals surface area (Å²) < 4.78 is 4.04. The van der Waals surface area contributed by atoms with Gasteiger partial charge in [-0.25, -0.2) is 14.6 Å². The Kier molecular flexibility index (Phi) is 2.75. The topological polar surface area (TPSA) is 86.6 Å². The maximum atomic E-state index is 6.21. The number of nitrogens with one attached hydrogen (secondary N) is 1. The highest BCUT2D eigenvalue weighted by Crippen LogP contribution is 2.40. The van der Waals surface area contributed by atoms with Crippen molar-refractivity contribution in [1.82, 2.24) is 29.6 Å². The van der Waals surface area contributed by atoms with Gasteiger partial charge in [-0.05, 0) is 26.8 Å². The van der Waals surface area contributed by atoms with Crippen LogP contribution in [0.2, 0.25) is 0 Å². The second kappa shape index (κ2) is 4.58. The van der Waals surface area contributed by atoms with E-state index in [0.29, 0.717) is 12.4 Å². The summed E-state index contributed by atoms with van der Waals surface area (Å²) in [6.45, 7) is 11.0. The zero-order chi connectivity index (χ0) is 16.3. The van der Waals surface area contributed by atoms with E-state index in [-0.39, 0.29) is 6.04 Å². The van der Waals surface area contributed by atoms with Gasteiger partial charge in [0, 0.05) is 17.3 Å². The standard InChI is InChI=1S/C16H19N7/c1-8(2)22-12-6-18-10(4)23-11(5-9(3)21-23)13(12)14-15(17)19-7-20-16(14)22/h5,7-8,18H,4,6H2,1-3H3,(H2,17,19,20). The molecule has 0 bridgehead atoms. The molecule has 0 fully saturated rings. The fourth-order valence-electron chi connectivity index (χ4n) is 3.35. The molecule has 3 N–H and O–H groups in total. The number of fused-ring (bicyclic) bond motifs is 5. The van der Waals surface area contributed by atoms with E-state index in [1.165, 1.54) is 6.33 Å². The number of aryl methyl sites for hydroxylation is 1. The van der Waals surface area contributed by atoms with Crippen molar-refractivity contribution in [2.45, 2.75) is 33.4 Å². The first-order valence-corrected chi connectivity index (χ1v) is 7.62. The lowest BCUT2D eigenvalue weighted by atomic mass is 10.1. The minimum absolute atomic E-state index is 0.251. The number of hydrogen-bond acceptors (Lipinski definition) is 5. The number of nitrogens with zero attached hydrogens (tertiary/aromatic N) is 5. The Morgan fingerprint density at radius 3 is 2.87 bits per heavy atom. The number of rotatable bonds is 1. The van der Waals surface area contributed by atoms with Crippen LogP contribution < -0.4 is 11.1 Å². The molecule has 4 heterocycles. The lowest BCUT2D eigenvalue weighted by molar-refractivity contribution is 0.583. The molecule has 3 aromatic rings. The first kappa shape index (κ1) is 13.8. The minimum atomic E-state index is 0.251. The second-order valence-corrected chi connectivity index (χ2v) is 6.13. The maximum absolute atomic E-state index is 6.21. The average molecular weight is 309 g/mol. The molecular formula is C16H19N7. The number of nitrogens with two attached hydrogens (primary N) is 1. The highest BCUT2D eigenvalue weighted by Gasteiger charge is 2.28. The Morgan fingerprint density at radius 2 is 2.13 bits per heavy atom. The summed E-state index contributed by atoms with van der Waals surface area (Å²) in [4.78, 5) is 8.69. The van der Waals surface area contributed by atoms with Crippen LogP contribution in [0.1, 0.15) is 31.3 Å². The van der Waals surface area contributed by atoms with Crippen LogP contribution in [0.5, 0.6) is 0 Å². The normalized spacial score (nSPS) is 13.8. The first-order valence-electron chi connectivity index (χ1n) is 7.62. The van der Waals surface area contributed by atoms with Gasteiger partial charge < -0.3 is 15.6 Å². The number of aromatic nitrogens is 5. The Morgan fingerprint density at radius 1 is 1.35 bits per heavy atom. The SMILES string of the molecule is C=C1NCc2c(c3c(N)ncnc3n2C(C)C)-c2cc(C)nn21. The molecule has 0 unspecified atom stereocenters. The smallest absolute Gasteiger partial charge is 0.146 e. The van der Waals surface area contributed by atoms with Crippen molar-refractivity contribution in [2.24, 2.45) is 0 Å². The van der Waals surface area contributed by atoms with Gasteiger partial charge >= 0.3 is 0 Å². The van der Waals surface area contributed by atoms with Gasteiger partial charge in [0.1, 0.15) is 23.6 Å². The summed E-state index contributed by atoms with van der Waals surface area (Å²) in [7, 11) is 0. The fourth-order valence-corrected chi connectivity index (χ4v) is 3.35. The average Bonchev–Trinajstić information content (AvgIpc) is 2.99. The van der Waals surface area contributed by atoms with Crippen LogP contribution in [0.15, 0.2) is 19.0 Å². The summed E-state index contributed by atoms with van der Waals surface area (Å²) in [5.74, 6) is 1.24. The molecule has 0 saturated carbocycles. The highest BCUT2D eigenvalue weighted by molar-refractivity contribution is 6.02. The van der Waals surface area contributed by atoms with Gasteiger partial charge in [-0.15, -0.1) is 0 Å². The molecular weight excluding hydrogens is 290 g/mol. The largest absolute Gasteiger partial charge is 0.383 e. The highest BCUT2D eigenvalue weighted by atomic mass is 15.4. The van der Waals surface area contributed by atoms with E-state index in [1.807, 2.05) is 17.7 Å². The van der Waals surface area contributed by atoms with Gasteiger partial charge in [0.15, 0.2) is 0 Å². The molecule has 0 aromatic carbocycles. The Labute approximate surface area is 133 Å². The van der Waals surface area contributed by atoms with Gasteiger partial charge in [0.25, 0.3) is 0 Å². The van der Waals surface area contributed by atoms with Crippen LogP contribution in [0.3, 0.4) is 0 Å². The molecule has 0 radical (unpaired) electrons. The number of nitrogen functional groups attached to an aromatic ring is 1. The molecule has 23 heavy (non-hydrogen) atoms. The van der Waals surface area contributed by atoms with Crippen LogP contribution in [0.4, 0.5) is 5.82 Å². The Bertz CT molecular complexity index is 945. The summed E-state index contributed by atoms with van der Waals surface area (Å²) in [6, 6.07) is 2.30. The molecule has 0 saturated heterocycles. The lowest BCUT2D eigenvalue weighted by Crippen LogP contribution is -2.17. The molecule has 7 heteroatoms. The summed E-state index contributed by atoms with van der Waals surface area (Å²) in [5.41, 5.74) is 11.1. The zero-order valence-electron chi connectivity index (χ0n) is 13.5. The number of hydrogen-bond donors (Lipinski definition) is 2. The van der Waals surface area contributed by atoms with Crippen molar-refractivity contribution >= 4 is 22.7 Å². The van der Waals surface area contributed by atoms with Gasteiger partial charge in [0.2, 0.25) is 0 Å². The molecule has 0 atom stereocenters. The van der Waals surface area contributed by atoms with Crippen molar-refractivity contribution in [2.75, 3.05) is 5.73 Å². The van der Waals surface area contributed by atoms with Crippen LogP contribution in [0, 0.1) is 6.92 Å². The number of anilines is 1. The molecule has 0 aliphatic carbocycles. The van der Waals surface area contributed by atoms with Crippen LogP contribution >= 0.6 is 0 Å². The van der Waals surface area contributed by atoms with E-state index in [1.54, 1.807) is 0 Å². The van der Waals surface area contributed by atoms with Crippen molar-refractivity contribution in [3.63, 3.8) is 0 Å². The van der Waals surface area contributed by atoms with E-state index >= 15 is 0 Å². The van der Waals surface area contributed by atoms with Gasteiger partial charge in [-0.3, -0.25) is 0 Å². The molecule has 0 amide bonds. The molecule has 1 aliphatic heterocycles. The molecule has 1 aliphatic rings. The molecule has 0 spiro atoms. The van der Waals surface area contributed by atoms with Gasteiger partial charge in [-0.2, -0.15) is 5.10 Å². The predicted molar refractivity (Wildman–Crippen MR) is 90.5 cm³/mol.